The van der Waals surface area contributed by atoms with Gasteiger partial charge in [-0.15, -0.1) is 0 Å². The molecule has 3 aromatic rings. The Morgan fingerprint density at radius 3 is 2.59 bits per heavy atom. The van der Waals surface area contributed by atoms with Gasteiger partial charge in [0.25, 0.3) is 5.91 Å². The minimum Gasteiger partial charge on any atom is -0.493 e. The number of ether oxygens (including phenoxy) is 2. The molecular weight excluding hydrogens is 370 g/mol. The number of nitrogens with zero attached hydrogens (tertiary/aromatic N) is 3. The minimum absolute atomic E-state index is 0.0807. The lowest BCUT2D eigenvalue weighted by molar-refractivity contribution is -0.133. The number of aromatic nitrogens is 2. The van der Waals surface area contributed by atoms with Crippen molar-refractivity contribution in [2.45, 2.75) is 25.3 Å². The molecule has 0 spiro atoms. The summed E-state index contributed by atoms with van der Waals surface area (Å²) in [7, 11) is 1.56. The molecular formula is C22H23N3O4. The first-order chi connectivity index (χ1) is 14.2. The summed E-state index contributed by atoms with van der Waals surface area (Å²) in [5.41, 5.74) is 1.56. The van der Waals surface area contributed by atoms with Gasteiger partial charge < -0.3 is 14.4 Å². The summed E-state index contributed by atoms with van der Waals surface area (Å²) in [5, 5.41) is 0. The molecule has 1 heterocycles. The summed E-state index contributed by atoms with van der Waals surface area (Å²) in [5.74, 6) is 0.907. The fourth-order valence-corrected chi connectivity index (χ4v) is 3.35. The molecule has 0 bridgehead atoms. The van der Waals surface area contributed by atoms with Crippen molar-refractivity contribution in [3.63, 3.8) is 0 Å². The molecule has 7 heteroatoms. The molecule has 0 aliphatic heterocycles. The standard InChI is InChI=1S/C22H23N3O4/c1-28-19-8-4-5-9-20(19)29-14-22(27)24(16-10-11-16)13-12-21(26)25-15-23-17-6-2-3-7-18(17)25/h2-9,15-16H,10-14H2,1H3. The zero-order valence-electron chi connectivity index (χ0n) is 16.3. The smallest absolute Gasteiger partial charge is 0.260 e. The fraction of sp³-hybridized carbons (Fsp3) is 0.318. The maximum absolute atomic E-state index is 12.7. The molecule has 29 heavy (non-hydrogen) atoms. The number of hydrogen-bond donors (Lipinski definition) is 0. The molecule has 1 amide bonds. The Labute approximate surface area is 168 Å². The van der Waals surface area contributed by atoms with Crippen LogP contribution in [0.2, 0.25) is 0 Å². The lowest BCUT2D eigenvalue weighted by atomic mass is 10.3. The predicted octanol–water partition coefficient (Wildman–Crippen LogP) is 3.15. The van der Waals surface area contributed by atoms with Crippen molar-refractivity contribution in [3.05, 3.63) is 54.9 Å². The molecule has 4 rings (SSSR count). The maximum Gasteiger partial charge on any atom is 0.260 e. The van der Waals surface area contributed by atoms with Gasteiger partial charge in [0.05, 0.1) is 18.1 Å². The lowest BCUT2D eigenvalue weighted by Crippen LogP contribution is -2.38. The quantitative estimate of drug-likeness (QED) is 0.588. The summed E-state index contributed by atoms with van der Waals surface area (Å²) < 4.78 is 12.5. The van der Waals surface area contributed by atoms with Crippen molar-refractivity contribution in [1.29, 1.82) is 0 Å². The summed E-state index contributed by atoms with van der Waals surface area (Å²) in [6.07, 6.45) is 3.70. The Balaban J connectivity index is 1.38. The molecule has 150 valence electrons. The van der Waals surface area contributed by atoms with Gasteiger partial charge in [0.1, 0.15) is 6.33 Å². The molecule has 1 aliphatic rings. The Morgan fingerprint density at radius 1 is 1.10 bits per heavy atom. The van der Waals surface area contributed by atoms with Crippen LogP contribution in [0.5, 0.6) is 11.5 Å². The highest BCUT2D eigenvalue weighted by molar-refractivity contribution is 5.90. The van der Waals surface area contributed by atoms with Crippen molar-refractivity contribution >= 4 is 22.8 Å². The van der Waals surface area contributed by atoms with Crippen LogP contribution >= 0.6 is 0 Å². The molecule has 1 aromatic heterocycles. The number of imidazole rings is 1. The van der Waals surface area contributed by atoms with Crippen LogP contribution in [0.15, 0.2) is 54.9 Å². The number of carbonyl (C=O) groups excluding carboxylic acids is 2. The van der Waals surface area contributed by atoms with E-state index in [0.717, 1.165) is 23.9 Å². The lowest BCUT2D eigenvalue weighted by Gasteiger charge is -2.22. The van der Waals surface area contributed by atoms with Crippen LogP contribution in [0.25, 0.3) is 11.0 Å². The number of carbonyl (C=O) groups is 2. The van der Waals surface area contributed by atoms with E-state index in [1.54, 1.807) is 35.0 Å². The average molecular weight is 393 g/mol. The van der Waals surface area contributed by atoms with E-state index < -0.39 is 0 Å². The number of amides is 1. The van der Waals surface area contributed by atoms with Crippen LogP contribution in [0.3, 0.4) is 0 Å². The highest BCUT2D eigenvalue weighted by Gasteiger charge is 2.33. The van der Waals surface area contributed by atoms with Crippen LogP contribution in [0.4, 0.5) is 0 Å². The molecule has 0 saturated heterocycles. The highest BCUT2D eigenvalue weighted by atomic mass is 16.5. The van der Waals surface area contributed by atoms with Gasteiger partial charge in [-0.2, -0.15) is 0 Å². The predicted molar refractivity (Wildman–Crippen MR) is 108 cm³/mol. The second kappa shape index (κ2) is 8.34. The van der Waals surface area contributed by atoms with Crippen molar-refractivity contribution in [2.75, 3.05) is 20.3 Å². The van der Waals surface area contributed by atoms with E-state index in [-0.39, 0.29) is 30.9 Å². The summed E-state index contributed by atoms with van der Waals surface area (Å²) in [4.78, 5) is 31.4. The van der Waals surface area contributed by atoms with Gasteiger partial charge in [0.2, 0.25) is 5.91 Å². The highest BCUT2D eigenvalue weighted by Crippen LogP contribution is 2.29. The van der Waals surface area contributed by atoms with Gasteiger partial charge in [-0.25, -0.2) is 4.98 Å². The monoisotopic (exact) mass is 393 g/mol. The Bertz CT molecular complexity index is 1030. The summed E-state index contributed by atoms with van der Waals surface area (Å²) >= 11 is 0. The van der Waals surface area contributed by atoms with Crippen molar-refractivity contribution in [1.82, 2.24) is 14.5 Å². The average Bonchev–Trinajstić information content (AvgIpc) is 3.50. The van der Waals surface area contributed by atoms with Crippen LogP contribution in [0, 0.1) is 0 Å². The minimum atomic E-state index is -0.123. The van der Waals surface area contributed by atoms with E-state index in [4.69, 9.17) is 9.47 Å². The largest absolute Gasteiger partial charge is 0.493 e. The molecule has 0 radical (unpaired) electrons. The number of benzene rings is 2. The second-order valence-corrected chi connectivity index (χ2v) is 7.00. The number of fused-ring (bicyclic) bond motifs is 1. The fourth-order valence-electron chi connectivity index (χ4n) is 3.35. The van der Waals surface area contributed by atoms with E-state index in [9.17, 15) is 9.59 Å². The van der Waals surface area contributed by atoms with Crippen molar-refractivity contribution in [3.8, 4) is 11.5 Å². The number of methoxy groups -OCH3 is 1. The van der Waals surface area contributed by atoms with Gasteiger partial charge in [0, 0.05) is 19.0 Å². The Kier molecular flexibility index (Phi) is 5.46. The zero-order chi connectivity index (χ0) is 20.2. The van der Waals surface area contributed by atoms with E-state index in [2.05, 4.69) is 4.98 Å². The molecule has 2 aromatic carbocycles. The third kappa shape index (κ3) is 4.23. The van der Waals surface area contributed by atoms with E-state index >= 15 is 0 Å². The van der Waals surface area contributed by atoms with Crippen LogP contribution < -0.4 is 9.47 Å². The van der Waals surface area contributed by atoms with E-state index in [0.29, 0.717) is 18.0 Å². The second-order valence-electron chi connectivity index (χ2n) is 7.00. The van der Waals surface area contributed by atoms with Gasteiger partial charge >= 0.3 is 0 Å². The van der Waals surface area contributed by atoms with Crippen LogP contribution in [-0.2, 0) is 4.79 Å². The topological polar surface area (TPSA) is 73.7 Å². The summed E-state index contributed by atoms with van der Waals surface area (Å²) in [6.45, 7) is 0.281. The van der Waals surface area contributed by atoms with E-state index in [1.807, 2.05) is 36.4 Å². The maximum atomic E-state index is 12.7. The third-order valence-corrected chi connectivity index (χ3v) is 5.02. The van der Waals surface area contributed by atoms with Crippen LogP contribution in [0.1, 0.15) is 24.1 Å². The number of rotatable bonds is 8. The first kappa shape index (κ1) is 19.0. The molecule has 1 fully saturated rings. The van der Waals surface area contributed by atoms with Crippen molar-refractivity contribution in [2.24, 2.45) is 0 Å². The molecule has 1 aliphatic carbocycles. The Hall–Kier alpha value is -3.35. The van der Waals surface area contributed by atoms with E-state index in [1.165, 1.54) is 0 Å². The molecule has 7 nitrogen and oxygen atoms in total. The van der Waals surface area contributed by atoms with Gasteiger partial charge in [-0.1, -0.05) is 24.3 Å². The molecule has 1 saturated carbocycles. The SMILES string of the molecule is COc1ccccc1OCC(=O)N(CCC(=O)n1cnc2ccccc21)C1CC1. The van der Waals surface area contributed by atoms with Gasteiger partial charge in [-0.05, 0) is 37.1 Å². The summed E-state index contributed by atoms with van der Waals surface area (Å²) in [6, 6.07) is 14.9. The number of para-hydroxylation sites is 4. The normalized spacial score (nSPS) is 13.3. The third-order valence-electron chi connectivity index (χ3n) is 5.02. The van der Waals surface area contributed by atoms with Gasteiger partial charge in [-0.3, -0.25) is 14.2 Å². The Morgan fingerprint density at radius 2 is 1.83 bits per heavy atom. The first-order valence-electron chi connectivity index (χ1n) is 9.68. The number of hydrogen-bond acceptors (Lipinski definition) is 5. The molecule has 0 atom stereocenters. The molecule has 0 N–H and O–H groups in total. The van der Waals surface area contributed by atoms with Crippen molar-refractivity contribution < 1.29 is 19.1 Å². The van der Waals surface area contributed by atoms with Crippen LogP contribution in [-0.4, -0.2) is 52.6 Å². The van der Waals surface area contributed by atoms with Gasteiger partial charge in [0.15, 0.2) is 18.1 Å². The molecule has 0 unspecified atom stereocenters. The zero-order valence-corrected chi connectivity index (χ0v) is 16.3. The first-order valence-corrected chi connectivity index (χ1v) is 9.68.